The van der Waals surface area contributed by atoms with Crippen molar-refractivity contribution < 1.29 is 5.11 Å². The Morgan fingerprint density at radius 3 is 2.54 bits per heavy atom. The molecule has 70 valence electrons. The molecule has 0 aliphatic heterocycles. The Kier molecular flexibility index (Phi) is 4.27. The van der Waals surface area contributed by atoms with Crippen LogP contribution < -0.4 is 0 Å². The third-order valence-electron chi connectivity index (χ3n) is 2.05. The van der Waals surface area contributed by atoms with E-state index in [1.807, 2.05) is 18.2 Å². The van der Waals surface area contributed by atoms with E-state index < -0.39 is 0 Å². The molecule has 0 atom stereocenters. The summed E-state index contributed by atoms with van der Waals surface area (Å²) in [7, 11) is 0. The number of benzene rings is 1. The van der Waals surface area contributed by atoms with Gasteiger partial charge in [0.2, 0.25) is 0 Å². The molecule has 0 aliphatic carbocycles. The van der Waals surface area contributed by atoms with Gasteiger partial charge in [-0.1, -0.05) is 43.3 Å². The second-order valence-electron chi connectivity index (χ2n) is 2.96. The van der Waals surface area contributed by atoms with Crippen molar-refractivity contribution in [2.75, 3.05) is 6.61 Å². The SMILES string of the molecule is CC/C(=C\CCO)c1ccccc1. The van der Waals surface area contributed by atoms with Gasteiger partial charge in [-0.15, -0.1) is 0 Å². The first kappa shape index (κ1) is 10.0. The Labute approximate surface area is 79.7 Å². The average molecular weight is 176 g/mol. The first-order valence-electron chi connectivity index (χ1n) is 4.73. The Bertz CT molecular complexity index is 262. The highest BCUT2D eigenvalue weighted by molar-refractivity contribution is 5.65. The van der Waals surface area contributed by atoms with E-state index in [1.165, 1.54) is 11.1 Å². The summed E-state index contributed by atoms with van der Waals surface area (Å²) in [6.07, 6.45) is 3.87. The van der Waals surface area contributed by atoms with Gasteiger partial charge >= 0.3 is 0 Å². The molecule has 1 N–H and O–H groups in total. The zero-order valence-electron chi connectivity index (χ0n) is 8.03. The van der Waals surface area contributed by atoms with Crippen LogP contribution in [0.3, 0.4) is 0 Å². The van der Waals surface area contributed by atoms with E-state index in [4.69, 9.17) is 5.11 Å². The van der Waals surface area contributed by atoms with Crippen LogP contribution in [-0.2, 0) is 0 Å². The summed E-state index contributed by atoms with van der Waals surface area (Å²) in [6.45, 7) is 2.37. The maximum absolute atomic E-state index is 8.71. The number of aliphatic hydroxyl groups excluding tert-OH is 1. The van der Waals surface area contributed by atoms with Crippen LogP contribution in [0.15, 0.2) is 36.4 Å². The van der Waals surface area contributed by atoms with Crippen molar-refractivity contribution in [3.05, 3.63) is 42.0 Å². The van der Waals surface area contributed by atoms with Crippen molar-refractivity contribution in [1.82, 2.24) is 0 Å². The minimum Gasteiger partial charge on any atom is -0.396 e. The maximum Gasteiger partial charge on any atom is 0.0465 e. The molecule has 0 heterocycles. The number of aliphatic hydroxyl groups is 1. The van der Waals surface area contributed by atoms with Crippen molar-refractivity contribution in [3.63, 3.8) is 0 Å². The summed E-state index contributed by atoms with van der Waals surface area (Å²) < 4.78 is 0. The first-order valence-corrected chi connectivity index (χ1v) is 4.73. The molecule has 1 aromatic carbocycles. The van der Waals surface area contributed by atoms with Gasteiger partial charge in [0.1, 0.15) is 0 Å². The van der Waals surface area contributed by atoms with Crippen molar-refractivity contribution >= 4 is 5.57 Å². The molecule has 0 aliphatic rings. The van der Waals surface area contributed by atoms with E-state index in [-0.39, 0.29) is 6.61 Å². The molecule has 1 nitrogen and oxygen atoms in total. The van der Waals surface area contributed by atoms with E-state index in [0.29, 0.717) is 0 Å². The Hall–Kier alpha value is -1.08. The van der Waals surface area contributed by atoms with Crippen LogP contribution in [0.1, 0.15) is 25.3 Å². The van der Waals surface area contributed by atoms with Crippen LogP contribution in [0, 0.1) is 0 Å². The maximum atomic E-state index is 8.71. The zero-order valence-corrected chi connectivity index (χ0v) is 8.03. The van der Waals surface area contributed by atoms with E-state index in [2.05, 4.69) is 25.1 Å². The van der Waals surface area contributed by atoms with E-state index in [0.717, 1.165) is 12.8 Å². The summed E-state index contributed by atoms with van der Waals surface area (Å²) in [5, 5.41) is 8.71. The molecular formula is C12H16O. The summed E-state index contributed by atoms with van der Waals surface area (Å²) in [5.41, 5.74) is 2.58. The quantitative estimate of drug-likeness (QED) is 0.748. The molecule has 1 rings (SSSR count). The Morgan fingerprint density at radius 1 is 1.31 bits per heavy atom. The lowest BCUT2D eigenvalue weighted by atomic mass is 10.0. The smallest absolute Gasteiger partial charge is 0.0465 e. The summed E-state index contributed by atoms with van der Waals surface area (Å²) in [4.78, 5) is 0. The highest BCUT2D eigenvalue weighted by Crippen LogP contribution is 2.17. The zero-order chi connectivity index (χ0) is 9.52. The van der Waals surface area contributed by atoms with Crippen molar-refractivity contribution in [3.8, 4) is 0 Å². The summed E-state index contributed by atoms with van der Waals surface area (Å²) in [6, 6.07) is 10.3. The monoisotopic (exact) mass is 176 g/mol. The lowest BCUT2D eigenvalue weighted by Gasteiger charge is -2.03. The van der Waals surface area contributed by atoms with Gasteiger partial charge in [-0.05, 0) is 24.0 Å². The van der Waals surface area contributed by atoms with E-state index in [9.17, 15) is 0 Å². The number of hydrogen-bond acceptors (Lipinski definition) is 1. The molecule has 0 spiro atoms. The molecule has 0 fully saturated rings. The standard InChI is InChI=1S/C12H16O/c1-2-11(9-6-10-13)12-7-4-3-5-8-12/h3-5,7-9,13H,2,6,10H2,1H3/b11-9+. The summed E-state index contributed by atoms with van der Waals surface area (Å²) in [5.74, 6) is 0. The Morgan fingerprint density at radius 2 is 2.00 bits per heavy atom. The first-order chi connectivity index (χ1) is 6.38. The predicted octanol–water partition coefficient (Wildman–Crippen LogP) is 2.86. The van der Waals surface area contributed by atoms with Gasteiger partial charge in [0.15, 0.2) is 0 Å². The fraction of sp³-hybridized carbons (Fsp3) is 0.333. The number of rotatable bonds is 4. The van der Waals surface area contributed by atoms with Gasteiger partial charge in [-0.2, -0.15) is 0 Å². The Balaban J connectivity index is 2.78. The molecule has 0 unspecified atom stereocenters. The average Bonchev–Trinajstić information content (AvgIpc) is 2.21. The van der Waals surface area contributed by atoms with E-state index >= 15 is 0 Å². The molecule has 1 aromatic rings. The molecular weight excluding hydrogens is 160 g/mol. The van der Waals surface area contributed by atoms with Crippen LogP contribution in [0.2, 0.25) is 0 Å². The largest absolute Gasteiger partial charge is 0.396 e. The lowest BCUT2D eigenvalue weighted by molar-refractivity contribution is 0.302. The van der Waals surface area contributed by atoms with Crippen molar-refractivity contribution in [2.24, 2.45) is 0 Å². The van der Waals surface area contributed by atoms with Crippen LogP contribution in [0.4, 0.5) is 0 Å². The predicted molar refractivity (Wildman–Crippen MR) is 56.4 cm³/mol. The molecule has 1 heteroatoms. The third-order valence-corrected chi connectivity index (χ3v) is 2.05. The van der Waals surface area contributed by atoms with Crippen LogP contribution in [-0.4, -0.2) is 11.7 Å². The van der Waals surface area contributed by atoms with Crippen LogP contribution in [0.5, 0.6) is 0 Å². The number of allylic oxidation sites excluding steroid dienone is 1. The molecule has 0 radical (unpaired) electrons. The molecule has 0 saturated carbocycles. The molecule has 0 amide bonds. The molecule has 0 bridgehead atoms. The minimum absolute atomic E-state index is 0.232. The second kappa shape index (κ2) is 5.55. The second-order valence-corrected chi connectivity index (χ2v) is 2.96. The van der Waals surface area contributed by atoms with Crippen molar-refractivity contribution in [2.45, 2.75) is 19.8 Å². The number of hydrogen-bond donors (Lipinski definition) is 1. The van der Waals surface area contributed by atoms with Crippen LogP contribution in [0.25, 0.3) is 5.57 Å². The third kappa shape index (κ3) is 3.03. The fourth-order valence-corrected chi connectivity index (χ4v) is 1.36. The highest BCUT2D eigenvalue weighted by atomic mass is 16.2. The normalized spacial score (nSPS) is 11.7. The van der Waals surface area contributed by atoms with Crippen LogP contribution >= 0.6 is 0 Å². The minimum atomic E-state index is 0.232. The van der Waals surface area contributed by atoms with Gasteiger partial charge in [0, 0.05) is 6.61 Å². The van der Waals surface area contributed by atoms with Gasteiger partial charge < -0.3 is 5.11 Å². The van der Waals surface area contributed by atoms with Crippen molar-refractivity contribution in [1.29, 1.82) is 0 Å². The van der Waals surface area contributed by atoms with E-state index in [1.54, 1.807) is 0 Å². The van der Waals surface area contributed by atoms with Gasteiger partial charge in [0.05, 0.1) is 0 Å². The molecule has 13 heavy (non-hydrogen) atoms. The molecule has 0 aromatic heterocycles. The van der Waals surface area contributed by atoms with Gasteiger partial charge in [0.25, 0.3) is 0 Å². The highest BCUT2D eigenvalue weighted by Gasteiger charge is 1.96. The summed E-state index contributed by atoms with van der Waals surface area (Å²) >= 11 is 0. The fourth-order valence-electron chi connectivity index (χ4n) is 1.36. The van der Waals surface area contributed by atoms with Gasteiger partial charge in [-0.3, -0.25) is 0 Å². The van der Waals surface area contributed by atoms with Gasteiger partial charge in [-0.25, -0.2) is 0 Å². The lowest BCUT2D eigenvalue weighted by Crippen LogP contribution is -1.84. The topological polar surface area (TPSA) is 20.2 Å². The molecule has 0 saturated heterocycles.